The minimum atomic E-state index is -0.679. The zero-order valence-corrected chi connectivity index (χ0v) is 14.8. The van der Waals surface area contributed by atoms with E-state index in [1.54, 1.807) is 6.08 Å². The number of ether oxygens (including phenoxy) is 2. The third-order valence-electron chi connectivity index (χ3n) is 4.74. The lowest BCUT2D eigenvalue weighted by atomic mass is 9.99. The summed E-state index contributed by atoms with van der Waals surface area (Å²) in [6.07, 6.45) is 6.84. The lowest BCUT2D eigenvalue weighted by molar-refractivity contribution is -0.114. The standard InChI is InChI=1S/C20H24O6/c1-2-5-15-11-18-17(26-18)7-4-3-6-13(21)8-12-9-14(22)10-16(23)19(12)20(24)25-15/h3,6,9-10,15,17-18,22-23H,2,4-5,7-8,11H2,1H3/b6-3+/t15-,17-,18+/m1/s1. The van der Waals surface area contributed by atoms with Crippen molar-refractivity contribution in [3.8, 4) is 11.5 Å². The molecule has 6 nitrogen and oxygen atoms in total. The van der Waals surface area contributed by atoms with Gasteiger partial charge >= 0.3 is 5.97 Å². The van der Waals surface area contributed by atoms with Gasteiger partial charge in [-0.1, -0.05) is 19.4 Å². The van der Waals surface area contributed by atoms with E-state index in [0.717, 1.165) is 25.3 Å². The van der Waals surface area contributed by atoms with Gasteiger partial charge in [-0.25, -0.2) is 4.79 Å². The molecule has 3 rings (SSSR count). The SMILES string of the molecule is CCC[C@@H]1C[C@@H]2O[C@@H]2CC/C=C/C(=O)Cc2cc(O)cc(O)c2C(=O)O1. The number of cyclic esters (lactones) is 1. The van der Waals surface area contributed by atoms with Crippen molar-refractivity contribution in [3.63, 3.8) is 0 Å². The number of hydrogen-bond acceptors (Lipinski definition) is 6. The Morgan fingerprint density at radius 1 is 1.19 bits per heavy atom. The predicted octanol–water partition coefficient (Wildman–Crippen LogP) is 3.04. The topological polar surface area (TPSA) is 96.4 Å². The molecule has 0 radical (unpaired) electrons. The molecule has 3 atom stereocenters. The smallest absolute Gasteiger partial charge is 0.342 e. The van der Waals surface area contributed by atoms with Crippen molar-refractivity contribution in [3.05, 3.63) is 35.4 Å². The molecule has 6 heteroatoms. The highest BCUT2D eigenvalue weighted by Gasteiger charge is 2.40. The maximum atomic E-state index is 12.7. The van der Waals surface area contributed by atoms with E-state index >= 15 is 0 Å². The monoisotopic (exact) mass is 360 g/mol. The molecule has 0 saturated carbocycles. The summed E-state index contributed by atoms with van der Waals surface area (Å²) in [5.74, 6) is -1.47. The fourth-order valence-corrected chi connectivity index (χ4v) is 3.42. The number of carbonyl (C=O) groups is 2. The molecule has 1 aromatic rings. The number of carbonyl (C=O) groups excluding carboxylic acids is 2. The Bertz CT molecular complexity index is 723. The van der Waals surface area contributed by atoms with Gasteiger partial charge in [0.25, 0.3) is 0 Å². The van der Waals surface area contributed by atoms with Crippen LogP contribution in [0.2, 0.25) is 0 Å². The number of ketones is 1. The van der Waals surface area contributed by atoms with E-state index < -0.39 is 5.97 Å². The van der Waals surface area contributed by atoms with Gasteiger partial charge < -0.3 is 19.7 Å². The van der Waals surface area contributed by atoms with Crippen molar-refractivity contribution < 1.29 is 29.3 Å². The summed E-state index contributed by atoms with van der Waals surface area (Å²) in [6, 6.07) is 2.40. The number of fused-ring (bicyclic) bond motifs is 2. The van der Waals surface area contributed by atoms with E-state index in [1.807, 2.05) is 6.92 Å². The molecule has 0 aliphatic carbocycles. The fourth-order valence-electron chi connectivity index (χ4n) is 3.42. The van der Waals surface area contributed by atoms with Crippen LogP contribution < -0.4 is 0 Å². The van der Waals surface area contributed by atoms with Crippen LogP contribution in [0.1, 0.15) is 54.9 Å². The van der Waals surface area contributed by atoms with E-state index in [-0.39, 0.29) is 53.1 Å². The van der Waals surface area contributed by atoms with Crippen LogP contribution in [-0.4, -0.2) is 40.3 Å². The maximum absolute atomic E-state index is 12.7. The summed E-state index contributed by atoms with van der Waals surface area (Å²) in [5.41, 5.74) is 0.200. The van der Waals surface area contributed by atoms with Crippen molar-refractivity contribution in [2.75, 3.05) is 0 Å². The Kier molecular flexibility index (Phi) is 5.61. The first-order chi connectivity index (χ1) is 12.5. The number of epoxide rings is 1. The molecule has 0 bridgehead atoms. The summed E-state index contributed by atoms with van der Waals surface area (Å²) in [4.78, 5) is 24.9. The molecule has 0 amide bonds. The Balaban J connectivity index is 1.92. The second kappa shape index (κ2) is 7.91. The fraction of sp³-hybridized carbons (Fsp3) is 0.500. The van der Waals surface area contributed by atoms with Crippen molar-refractivity contribution in [2.24, 2.45) is 0 Å². The third-order valence-corrected chi connectivity index (χ3v) is 4.74. The second-order valence-electron chi connectivity index (χ2n) is 6.89. The van der Waals surface area contributed by atoms with Crippen molar-refractivity contribution in [2.45, 2.75) is 63.8 Å². The quantitative estimate of drug-likeness (QED) is 0.622. The van der Waals surface area contributed by atoms with E-state index in [9.17, 15) is 19.8 Å². The highest BCUT2D eigenvalue weighted by atomic mass is 16.6. The van der Waals surface area contributed by atoms with Crippen LogP contribution in [0.25, 0.3) is 0 Å². The molecule has 140 valence electrons. The van der Waals surface area contributed by atoms with Crippen LogP contribution in [0.4, 0.5) is 0 Å². The molecule has 2 N–H and O–H groups in total. The molecule has 1 saturated heterocycles. The number of phenolic OH excluding ortho intramolecular Hbond substituents is 2. The van der Waals surface area contributed by atoms with Crippen LogP contribution in [0.15, 0.2) is 24.3 Å². The van der Waals surface area contributed by atoms with Gasteiger partial charge in [0.15, 0.2) is 5.78 Å². The third kappa shape index (κ3) is 4.43. The summed E-state index contributed by atoms with van der Waals surface area (Å²) in [7, 11) is 0. The first-order valence-corrected chi connectivity index (χ1v) is 9.08. The van der Waals surface area contributed by atoms with Crippen LogP contribution in [-0.2, 0) is 20.7 Å². The van der Waals surface area contributed by atoms with E-state index in [1.165, 1.54) is 12.1 Å². The predicted molar refractivity (Wildman–Crippen MR) is 94.2 cm³/mol. The van der Waals surface area contributed by atoms with Gasteiger partial charge in [0.05, 0.1) is 12.2 Å². The molecular weight excluding hydrogens is 336 g/mol. The molecule has 2 aliphatic rings. The number of esters is 1. The normalized spacial score (nSPS) is 27.7. The molecule has 1 aromatic carbocycles. The largest absolute Gasteiger partial charge is 0.508 e. The highest BCUT2D eigenvalue weighted by Crippen LogP contribution is 2.34. The summed E-state index contributed by atoms with van der Waals surface area (Å²) < 4.78 is 11.3. The summed E-state index contributed by atoms with van der Waals surface area (Å²) in [6.45, 7) is 2.01. The maximum Gasteiger partial charge on any atom is 0.342 e. The van der Waals surface area contributed by atoms with Gasteiger partial charge in [0, 0.05) is 18.9 Å². The van der Waals surface area contributed by atoms with Gasteiger partial charge in [-0.05, 0) is 37.0 Å². The zero-order chi connectivity index (χ0) is 18.7. The lowest BCUT2D eigenvalue weighted by Gasteiger charge is -2.18. The van der Waals surface area contributed by atoms with E-state index in [4.69, 9.17) is 9.47 Å². The van der Waals surface area contributed by atoms with Gasteiger partial charge in [-0.3, -0.25) is 4.79 Å². The van der Waals surface area contributed by atoms with E-state index in [2.05, 4.69) is 0 Å². The summed E-state index contributed by atoms with van der Waals surface area (Å²) >= 11 is 0. The minimum Gasteiger partial charge on any atom is -0.508 e. The average Bonchev–Trinajstić information content (AvgIpc) is 3.28. The zero-order valence-electron chi connectivity index (χ0n) is 14.8. The number of aromatic hydroxyl groups is 2. The number of benzene rings is 1. The number of rotatable bonds is 2. The number of phenols is 2. The molecule has 0 spiro atoms. The van der Waals surface area contributed by atoms with Crippen LogP contribution in [0.5, 0.6) is 11.5 Å². The van der Waals surface area contributed by atoms with Gasteiger partial charge in [-0.2, -0.15) is 0 Å². The van der Waals surface area contributed by atoms with E-state index in [0.29, 0.717) is 12.8 Å². The van der Waals surface area contributed by atoms with Crippen LogP contribution in [0, 0.1) is 0 Å². The van der Waals surface area contributed by atoms with Crippen molar-refractivity contribution in [1.29, 1.82) is 0 Å². The first-order valence-electron chi connectivity index (χ1n) is 9.08. The minimum absolute atomic E-state index is 0.0593. The summed E-state index contributed by atoms with van der Waals surface area (Å²) in [5, 5.41) is 19.9. The average molecular weight is 360 g/mol. The van der Waals surface area contributed by atoms with Crippen LogP contribution >= 0.6 is 0 Å². The van der Waals surface area contributed by atoms with Crippen LogP contribution in [0.3, 0.4) is 0 Å². The lowest BCUT2D eigenvalue weighted by Crippen LogP contribution is -2.22. The Morgan fingerprint density at radius 3 is 2.77 bits per heavy atom. The first kappa shape index (κ1) is 18.5. The molecule has 2 heterocycles. The highest BCUT2D eigenvalue weighted by molar-refractivity contribution is 5.98. The molecular formula is C20H24O6. The number of allylic oxidation sites excluding steroid dienone is 2. The van der Waals surface area contributed by atoms with Gasteiger partial charge in [0.2, 0.25) is 0 Å². The molecule has 0 unspecified atom stereocenters. The Morgan fingerprint density at radius 2 is 2.00 bits per heavy atom. The van der Waals surface area contributed by atoms with Crippen molar-refractivity contribution in [1.82, 2.24) is 0 Å². The van der Waals surface area contributed by atoms with Crippen molar-refractivity contribution >= 4 is 11.8 Å². The molecule has 0 aromatic heterocycles. The molecule has 1 fully saturated rings. The Labute approximate surface area is 152 Å². The number of hydrogen-bond donors (Lipinski definition) is 2. The second-order valence-corrected chi connectivity index (χ2v) is 6.89. The molecule has 2 aliphatic heterocycles. The van der Waals surface area contributed by atoms with Gasteiger partial charge in [0.1, 0.15) is 23.2 Å². The molecule has 26 heavy (non-hydrogen) atoms. The van der Waals surface area contributed by atoms with Gasteiger partial charge in [-0.15, -0.1) is 0 Å². The Hall–Kier alpha value is -2.34.